The molecule has 96 valence electrons. The van der Waals surface area contributed by atoms with Crippen molar-refractivity contribution in [2.24, 2.45) is 0 Å². The van der Waals surface area contributed by atoms with Crippen molar-refractivity contribution >= 4 is 10.8 Å². The molecule has 0 aliphatic carbocycles. The number of hydrogen-bond acceptors (Lipinski definition) is 4. The number of benzene rings is 2. The highest BCUT2D eigenvalue weighted by Gasteiger charge is 2.14. The van der Waals surface area contributed by atoms with Gasteiger partial charge in [0.2, 0.25) is 11.8 Å². The van der Waals surface area contributed by atoms with Gasteiger partial charge in [-0.3, -0.25) is 0 Å². The molecule has 0 atom stereocenters. The van der Waals surface area contributed by atoms with Gasteiger partial charge in [-0.25, -0.2) is 9.97 Å². The molecule has 0 unspecified atom stereocenters. The van der Waals surface area contributed by atoms with Gasteiger partial charge in [-0.1, -0.05) is 24.3 Å². The van der Waals surface area contributed by atoms with Crippen LogP contribution in [0.4, 0.5) is 0 Å². The van der Waals surface area contributed by atoms with Crippen LogP contribution in [0.25, 0.3) is 33.7 Å². The van der Waals surface area contributed by atoms with Gasteiger partial charge in [0.15, 0.2) is 0 Å². The van der Waals surface area contributed by atoms with Crippen molar-refractivity contribution in [2.75, 3.05) is 0 Å². The number of fused-ring (bicyclic) bond motifs is 1. The van der Waals surface area contributed by atoms with E-state index in [0.29, 0.717) is 11.8 Å². The first-order valence-electron chi connectivity index (χ1n) is 6.25. The summed E-state index contributed by atoms with van der Waals surface area (Å²) in [4.78, 5) is 8.48. The summed E-state index contributed by atoms with van der Waals surface area (Å²) in [6, 6.07) is 12.0. The predicted molar refractivity (Wildman–Crippen MR) is 74.9 cm³/mol. The third kappa shape index (κ3) is 1.62. The largest absolute Gasteiger partial charge is 0.445 e. The Labute approximate surface area is 114 Å². The number of aromatic nitrogens is 2. The summed E-state index contributed by atoms with van der Waals surface area (Å²) in [6.07, 6.45) is 6.42. The van der Waals surface area contributed by atoms with Crippen LogP contribution in [0.3, 0.4) is 0 Å². The van der Waals surface area contributed by atoms with E-state index in [1.165, 1.54) is 0 Å². The Morgan fingerprint density at radius 2 is 1.25 bits per heavy atom. The third-order valence-corrected chi connectivity index (χ3v) is 3.23. The lowest BCUT2D eigenvalue weighted by atomic mass is 9.99. The van der Waals surface area contributed by atoms with Crippen molar-refractivity contribution in [1.82, 2.24) is 9.97 Å². The topological polar surface area (TPSA) is 52.1 Å². The van der Waals surface area contributed by atoms with E-state index in [0.717, 1.165) is 21.9 Å². The summed E-state index contributed by atoms with van der Waals surface area (Å²) in [5.74, 6) is 1.18. The Bertz CT molecular complexity index is 780. The summed E-state index contributed by atoms with van der Waals surface area (Å²) in [5, 5.41) is 2.12. The standard InChI is InChI=1S/C16H10N2O2/c1-3-11-4-2-6-13(16-18-8-10-20-16)14(11)12(5-1)15-17-7-9-19-15/h1-10H. The van der Waals surface area contributed by atoms with E-state index in [2.05, 4.69) is 9.97 Å². The zero-order chi connectivity index (χ0) is 13.4. The van der Waals surface area contributed by atoms with Crippen LogP contribution in [0, 0.1) is 0 Å². The predicted octanol–water partition coefficient (Wildman–Crippen LogP) is 4.15. The maximum Gasteiger partial charge on any atom is 0.226 e. The Kier molecular flexibility index (Phi) is 2.39. The molecular formula is C16H10N2O2. The monoisotopic (exact) mass is 262 g/mol. The second-order valence-electron chi connectivity index (χ2n) is 4.38. The summed E-state index contributed by atoms with van der Waals surface area (Å²) in [7, 11) is 0. The fraction of sp³-hybridized carbons (Fsp3) is 0. The molecule has 0 radical (unpaired) electrons. The number of rotatable bonds is 2. The molecule has 0 fully saturated rings. The molecule has 0 saturated carbocycles. The van der Waals surface area contributed by atoms with Gasteiger partial charge in [0, 0.05) is 16.5 Å². The summed E-state index contributed by atoms with van der Waals surface area (Å²) >= 11 is 0. The minimum atomic E-state index is 0.592. The third-order valence-electron chi connectivity index (χ3n) is 3.23. The lowest BCUT2D eigenvalue weighted by Gasteiger charge is -2.07. The SMILES string of the molecule is c1cc(-c2ncco2)c2c(-c3ncco3)cccc2c1. The van der Waals surface area contributed by atoms with Crippen LogP contribution in [0.1, 0.15) is 0 Å². The molecule has 0 spiro atoms. The van der Waals surface area contributed by atoms with Gasteiger partial charge >= 0.3 is 0 Å². The van der Waals surface area contributed by atoms with Crippen molar-refractivity contribution in [3.63, 3.8) is 0 Å². The van der Waals surface area contributed by atoms with Crippen LogP contribution in [-0.4, -0.2) is 9.97 Å². The second kappa shape index (κ2) is 4.35. The minimum Gasteiger partial charge on any atom is -0.445 e. The lowest BCUT2D eigenvalue weighted by Crippen LogP contribution is -1.86. The normalized spacial score (nSPS) is 11.0. The Morgan fingerprint density at radius 1 is 0.700 bits per heavy atom. The highest BCUT2D eigenvalue weighted by Crippen LogP contribution is 2.35. The number of oxazole rings is 2. The summed E-state index contributed by atoms with van der Waals surface area (Å²) in [5.41, 5.74) is 1.86. The van der Waals surface area contributed by atoms with Crippen LogP contribution < -0.4 is 0 Å². The molecule has 0 aliphatic heterocycles. The van der Waals surface area contributed by atoms with Gasteiger partial charge in [0.05, 0.1) is 12.4 Å². The fourth-order valence-electron chi connectivity index (χ4n) is 2.41. The minimum absolute atomic E-state index is 0.592. The van der Waals surface area contributed by atoms with E-state index < -0.39 is 0 Å². The van der Waals surface area contributed by atoms with E-state index in [1.807, 2.05) is 36.4 Å². The number of hydrogen-bond donors (Lipinski definition) is 0. The maximum atomic E-state index is 5.44. The van der Waals surface area contributed by atoms with Crippen molar-refractivity contribution in [3.8, 4) is 22.9 Å². The Hall–Kier alpha value is -2.88. The zero-order valence-electron chi connectivity index (χ0n) is 10.5. The summed E-state index contributed by atoms with van der Waals surface area (Å²) < 4.78 is 10.9. The Morgan fingerprint density at radius 3 is 1.70 bits per heavy atom. The molecule has 2 aromatic heterocycles. The molecule has 2 heterocycles. The molecule has 0 bridgehead atoms. The molecule has 4 nitrogen and oxygen atoms in total. The van der Waals surface area contributed by atoms with Crippen molar-refractivity contribution in [1.29, 1.82) is 0 Å². The molecule has 0 amide bonds. The Balaban J connectivity index is 2.11. The number of nitrogens with zero attached hydrogens (tertiary/aromatic N) is 2. The summed E-state index contributed by atoms with van der Waals surface area (Å²) in [6.45, 7) is 0. The van der Waals surface area contributed by atoms with Crippen LogP contribution >= 0.6 is 0 Å². The van der Waals surface area contributed by atoms with Crippen molar-refractivity contribution in [2.45, 2.75) is 0 Å². The van der Waals surface area contributed by atoms with Gasteiger partial charge in [-0.05, 0) is 17.5 Å². The smallest absolute Gasteiger partial charge is 0.226 e. The maximum absolute atomic E-state index is 5.44. The lowest BCUT2D eigenvalue weighted by molar-refractivity contribution is 0.574. The van der Waals surface area contributed by atoms with E-state index in [1.54, 1.807) is 24.9 Å². The zero-order valence-corrected chi connectivity index (χ0v) is 10.5. The highest BCUT2D eigenvalue weighted by molar-refractivity contribution is 6.03. The van der Waals surface area contributed by atoms with E-state index in [9.17, 15) is 0 Å². The van der Waals surface area contributed by atoms with Gasteiger partial charge in [0.1, 0.15) is 12.5 Å². The molecular weight excluding hydrogens is 252 g/mol. The fourth-order valence-corrected chi connectivity index (χ4v) is 2.41. The highest BCUT2D eigenvalue weighted by atomic mass is 16.3. The molecule has 0 N–H and O–H groups in total. The van der Waals surface area contributed by atoms with Crippen LogP contribution in [0.2, 0.25) is 0 Å². The molecule has 4 heteroatoms. The first-order valence-corrected chi connectivity index (χ1v) is 6.25. The second-order valence-corrected chi connectivity index (χ2v) is 4.38. The molecule has 0 aliphatic rings. The van der Waals surface area contributed by atoms with Crippen LogP contribution in [0.5, 0.6) is 0 Å². The van der Waals surface area contributed by atoms with Gasteiger partial charge < -0.3 is 8.83 Å². The molecule has 0 saturated heterocycles. The molecule has 2 aromatic carbocycles. The first-order chi connectivity index (χ1) is 9.93. The van der Waals surface area contributed by atoms with E-state index in [-0.39, 0.29) is 0 Å². The van der Waals surface area contributed by atoms with E-state index in [4.69, 9.17) is 8.83 Å². The van der Waals surface area contributed by atoms with E-state index >= 15 is 0 Å². The molecule has 4 aromatic rings. The molecule has 4 rings (SSSR count). The quantitative estimate of drug-likeness (QED) is 0.544. The molecule has 20 heavy (non-hydrogen) atoms. The first kappa shape index (κ1) is 11.0. The van der Waals surface area contributed by atoms with Crippen molar-refractivity contribution in [3.05, 3.63) is 61.3 Å². The van der Waals surface area contributed by atoms with Gasteiger partial charge in [-0.15, -0.1) is 0 Å². The van der Waals surface area contributed by atoms with Gasteiger partial charge in [-0.2, -0.15) is 0 Å². The van der Waals surface area contributed by atoms with Gasteiger partial charge in [0.25, 0.3) is 0 Å². The van der Waals surface area contributed by atoms with Crippen molar-refractivity contribution < 1.29 is 8.83 Å². The average Bonchev–Trinajstić information content (AvgIpc) is 3.19. The van der Waals surface area contributed by atoms with Crippen LogP contribution in [0.15, 0.2) is 70.2 Å². The van der Waals surface area contributed by atoms with Crippen LogP contribution in [-0.2, 0) is 0 Å². The average molecular weight is 262 g/mol.